The molecule has 0 bridgehead atoms. The van der Waals surface area contributed by atoms with E-state index in [2.05, 4.69) is 0 Å². The minimum Gasteiger partial charge on any atom is -0.489 e. The third-order valence-corrected chi connectivity index (χ3v) is 7.90. The summed E-state index contributed by atoms with van der Waals surface area (Å²) >= 11 is 1.30. The minimum absolute atomic E-state index is 0.210. The SMILES string of the molecule is CCOC(=O)C1=C(c2ccccc2)N=c2s/c(=C\c3ccc(OCc4ccccc4)cc3)c(=O)n2[C@@H]1c1ccccc1. The predicted molar refractivity (Wildman–Crippen MR) is 165 cm³/mol. The molecule has 1 aliphatic heterocycles. The second-order valence-electron chi connectivity index (χ2n) is 9.69. The van der Waals surface area contributed by atoms with Crippen molar-refractivity contribution in [3.8, 4) is 5.75 Å². The van der Waals surface area contributed by atoms with Crippen LogP contribution in [0.2, 0.25) is 0 Å². The van der Waals surface area contributed by atoms with E-state index in [0.29, 0.717) is 27.2 Å². The largest absolute Gasteiger partial charge is 0.489 e. The zero-order valence-corrected chi connectivity index (χ0v) is 23.8. The van der Waals surface area contributed by atoms with Crippen LogP contribution in [0.15, 0.2) is 131 Å². The predicted octanol–water partition coefficient (Wildman–Crippen LogP) is 5.51. The number of aromatic nitrogens is 1. The van der Waals surface area contributed by atoms with Crippen LogP contribution in [0.1, 0.15) is 35.2 Å². The Morgan fingerprint density at radius 1 is 0.881 bits per heavy atom. The van der Waals surface area contributed by atoms with Gasteiger partial charge in [0.05, 0.1) is 28.5 Å². The molecule has 4 aromatic carbocycles. The van der Waals surface area contributed by atoms with Crippen molar-refractivity contribution in [2.75, 3.05) is 6.61 Å². The third kappa shape index (κ3) is 5.60. The summed E-state index contributed by atoms with van der Waals surface area (Å²) in [6.45, 7) is 2.46. The number of fused-ring (bicyclic) bond motifs is 1. The first kappa shape index (κ1) is 27.2. The average Bonchev–Trinajstić information content (AvgIpc) is 3.35. The molecule has 6 nitrogen and oxygen atoms in total. The van der Waals surface area contributed by atoms with Crippen molar-refractivity contribution in [2.24, 2.45) is 4.99 Å². The Morgan fingerprint density at radius 3 is 2.19 bits per heavy atom. The number of rotatable bonds is 8. The van der Waals surface area contributed by atoms with Gasteiger partial charge < -0.3 is 9.47 Å². The molecule has 208 valence electrons. The summed E-state index contributed by atoms with van der Waals surface area (Å²) in [5.74, 6) is 0.252. The van der Waals surface area contributed by atoms with E-state index in [4.69, 9.17) is 14.5 Å². The number of thiazole rings is 1. The molecule has 0 saturated carbocycles. The quantitative estimate of drug-likeness (QED) is 0.230. The topological polar surface area (TPSA) is 69.9 Å². The van der Waals surface area contributed by atoms with Gasteiger partial charge in [0.25, 0.3) is 5.56 Å². The standard InChI is InChI=1S/C35H28N2O4S/c1-2-40-34(39)30-31(26-14-8-4-9-15-26)36-35-37(32(30)27-16-10-5-11-17-27)33(38)29(42-35)22-24-18-20-28(21-19-24)41-23-25-12-6-3-7-13-25/h3-22,32H,2,23H2,1H3/b29-22-/t32-/m1/s1. The number of hydrogen-bond acceptors (Lipinski definition) is 6. The van der Waals surface area contributed by atoms with Gasteiger partial charge in [0.15, 0.2) is 4.80 Å². The lowest BCUT2D eigenvalue weighted by Gasteiger charge is -2.25. The van der Waals surface area contributed by atoms with Crippen LogP contribution < -0.4 is 19.6 Å². The molecular weight excluding hydrogens is 544 g/mol. The number of ether oxygens (including phenoxy) is 2. The molecule has 5 aromatic rings. The van der Waals surface area contributed by atoms with Crippen LogP contribution in [-0.4, -0.2) is 17.1 Å². The lowest BCUT2D eigenvalue weighted by atomic mass is 9.93. The van der Waals surface area contributed by atoms with Crippen LogP contribution in [0.5, 0.6) is 5.75 Å². The van der Waals surface area contributed by atoms with E-state index in [9.17, 15) is 9.59 Å². The van der Waals surface area contributed by atoms with Gasteiger partial charge in [-0.2, -0.15) is 0 Å². The molecule has 0 saturated heterocycles. The van der Waals surface area contributed by atoms with Gasteiger partial charge in [-0.25, -0.2) is 9.79 Å². The van der Waals surface area contributed by atoms with Crippen LogP contribution in [0, 0.1) is 0 Å². The zero-order valence-electron chi connectivity index (χ0n) is 23.0. The van der Waals surface area contributed by atoms with Crippen LogP contribution in [-0.2, 0) is 16.1 Å². The summed E-state index contributed by atoms with van der Waals surface area (Å²) in [4.78, 5) is 32.9. The first-order valence-corrected chi connectivity index (χ1v) is 14.5. The lowest BCUT2D eigenvalue weighted by molar-refractivity contribution is -0.138. The molecular formula is C35H28N2O4S. The smallest absolute Gasteiger partial charge is 0.338 e. The summed E-state index contributed by atoms with van der Waals surface area (Å²) in [6, 6.07) is 36.0. The number of esters is 1. The van der Waals surface area contributed by atoms with Gasteiger partial charge in [-0.3, -0.25) is 9.36 Å². The molecule has 1 aromatic heterocycles. The molecule has 0 amide bonds. The normalized spacial score (nSPS) is 14.7. The second kappa shape index (κ2) is 12.2. The van der Waals surface area contributed by atoms with E-state index >= 15 is 0 Å². The van der Waals surface area contributed by atoms with Gasteiger partial charge in [0.1, 0.15) is 12.4 Å². The van der Waals surface area contributed by atoms with Gasteiger partial charge >= 0.3 is 5.97 Å². The van der Waals surface area contributed by atoms with Crippen molar-refractivity contribution in [3.05, 3.63) is 163 Å². The molecule has 0 aliphatic carbocycles. The van der Waals surface area contributed by atoms with Gasteiger partial charge in [-0.1, -0.05) is 114 Å². The number of carbonyl (C=O) groups is 1. The molecule has 0 fully saturated rings. The highest BCUT2D eigenvalue weighted by atomic mass is 32.1. The Bertz CT molecular complexity index is 1910. The van der Waals surface area contributed by atoms with Crippen molar-refractivity contribution in [3.63, 3.8) is 0 Å². The maximum atomic E-state index is 14.0. The summed E-state index contributed by atoms with van der Waals surface area (Å²) in [5, 5.41) is 0. The summed E-state index contributed by atoms with van der Waals surface area (Å²) in [7, 11) is 0. The van der Waals surface area contributed by atoms with Crippen LogP contribution in [0.25, 0.3) is 11.8 Å². The molecule has 1 atom stereocenters. The summed E-state index contributed by atoms with van der Waals surface area (Å²) < 4.78 is 13.6. The van der Waals surface area contributed by atoms with Crippen LogP contribution in [0.3, 0.4) is 0 Å². The highest BCUT2D eigenvalue weighted by Crippen LogP contribution is 2.35. The summed E-state index contributed by atoms with van der Waals surface area (Å²) in [5.41, 5.74) is 4.17. The Morgan fingerprint density at radius 2 is 1.52 bits per heavy atom. The van der Waals surface area contributed by atoms with Crippen molar-refractivity contribution in [2.45, 2.75) is 19.6 Å². The molecule has 42 heavy (non-hydrogen) atoms. The van der Waals surface area contributed by atoms with Crippen molar-refractivity contribution < 1.29 is 14.3 Å². The van der Waals surface area contributed by atoms with Crippen LogP contribution in [0.4, 0.5) is 0 Å². The lowest BCUT2D eigenvalue weighted by Crippen LogP contribution is -2.39. The highest BCUT2D eigenvalue weighted by Gasteiger charge is 2.35. The average molecular weight is 573 g/mol. The maximum Gasteiger partial charge on any atom is 0.338 e. The Balaban J connectivity index is 1.44. The molecule has 0 spiro atoms. The van der Waals surface area contributed by atoms with E-state index in [-0.39, 0.29) is 12.2 Å². The second-order valence-corrected chi connectivity index (χ2v) is 10.7. The molecule has 0 N–H and O–H groups in total. The van der Waals surface area contributed by atoms with E-state index in [1.807, 2.05) is 121 Å². The first-order chi connectivity index (χ1) is 20.6. The molecule has 6 rings (SSSR count). The molecule has 0 unspecified atom stereocenters. The molecule has 1 aliphatic rings. The van der Waals surface area contributed by atoms with Crippen LogP contribution >= 0.6 is 11.3 Å². The Labute approximate surface area is 247 Å². The number of carbonyl (C=O) groups excluding carboxylic acids is 1. The Hall–Kier alpha value is -5.01. The maximum absolute atomic E-state index is 14.0. The monoisotopic (exact) mass is 572 g/mol. The Kier molecular flexibility index (Phi) is 7.92. The highest BCUT2D eigenvalue weighted by molar-refractivity contribution is 7.07. The summed E-state index contributed by atoms with van der Waals surface area (Å²) in [6.07, 6.45) is 1.85. The van der Waals surface area contributed by atoms with Gasteiger partial charge in [-0.15, -0.1) is 0 Å². The first-order valence-electron chi connectivity index (χ1n) is 13.7. The van der Waals surface area contributed by atoms with E-state index in [1.54, 1.807) is 11.5 Å². The third-order valence-electron chi connectivity index (χ3n) is 6.92. The number of nitrogens with zero attached hydrogens (tertiary/aromatic N) is 2. The van der Waals surface area contributed by atoms with Gasteiger partial charge in [0, 0.05) is 5.56 Å². The molecule has 7 heteroatoms. The minimum atomic E-state index is -0.687. The fourth-order valence-electron chi connectivity index (χ4n) is 4.94. The molecule has 0 radical (unpaired) electrons. The van der Waals surface area contributed by atoms with E-state index in [0.717, 1.165) is 28.0 Å². The van der Waals surface area contributed by atoms with Gasteiger partial charge in [0.2, 0.25) is 0 Å². The fraction of sp³-hybridized carbons (Fsp3) is 0.114. The zero-order chi connectivity index (χ0) is 28.9. The van der Waals surface area contributed by atoms with E-state index < -0.39 is 12.0 Å². The molecule has 2 heterocycles. The van der Waals surface area contributed by atoms with E-state index in [1.165, 1.54) is 11.3 Å². The van der Waals surface area contributed by atoms with Crippen molar-refractivity contribution >= 4 is 29.1 Å². The number of benzene rings is 4. The van der Waals surface area contributed by atoms with Crippen molar-refractivity contribution in [1.82, 2.24) is 4.57 Å². The fourth-order valence-corrected chi connectivity index (χ4v) is 5.94. The van der Waals surface area contributed by atoms with Gasteiger partial charge in [-0.05, 0) is 41.8 Å². The van der Waals surface area contributed by atoms with Crippen molar-refractivity contribution in [1.29, 1.82) is 0 Å². The number of hydrogen-bond donors (Lipinski definition) is 0.